The topological polar surface area (TPSA) is 42.0 Å². The van der Waals surface area contributed by atoms with Gasteiger partial charge in [0.2, 0.25) is 0 Å². The Kier molecular flexibility index (Phi) is 4.79. The molecule has 0 aliphatic carbocycles. The minimum absolute atomic E-state index is 0.340. The lowest BCUT2D eigenvalue weighted by Gasteiger charge is -2.05. The van der Waals surface area contributed by atoms with Crippen molar-refractivity contribution in [2.75, 3.05) is 5.32 Å². The fourth-order valence-corrected chi connectivity index (χ4v) is 4.19. The molecule has 2 aromatic heterocycles. The molecule has 0 aliphatic heterocycles. The van der Waals surface area contributed by atoms with Crippen LogP contribution in [0.2, 0.25) is 0 Å². The number of hydrogen-bond donors (Lipinski definition) is 1. The summed E-state index contributed by atoms with van der Waals surface area (Å²) < 4.78 is 26.4. The Bertz CT molecular complexity index is 1070. The molecule has 7 heteroatoms. The van der Waals surface area contributed by atoms with Gasteiger partial charge in [0, 0.05) is 22.1 Å². The van der Waals surface area contributed by atoms with Crippen molar-refractivity contribution >= 4 is 33.6 Å². The second-order valence-electron chi connectivity index (χ2n) is 5.68. The maximum atomic E-state index is 13.3. The average molecular weight is 398 g/mol. The number of anilines is 1. The van der Waals surface area contributed by atoms with E-state index in [-0.39, 0.29) is 11.7 Å². The maximum absolute atomic E-state index is 13.3. The first-order chi connectivity index (χ1) is 13.1. The molecule has 0 bridgehead atoms. The molecule has 0 spiro atoms. The summed E-state index contributed by atoms with van der Waals surface area (Å²) in [5.41, 5.74) is 2.56. The van der Waals surface area contributed by atoms with Crippen molar-refractivity contribution in [1.29, 1.82) is 0 Å². The number of thiophene rings is 1. The number of hydrogen-bond acceptors (Lipinski definition) is 4. The molecule has 0 unspecified atom stereocenters. The summed E-state index contributed by atoms with van der Waals surface area (Å²) in [6.45, 7) is 0. The highest BCUT2D eigenvalue weighted by Crippen LogP contribution is 2.38. The second kappa shape index (κ2) is 7.38. The van der Waals surface area contributed by atoms with Gasteiger partial charge >= 0.3 is 0 Å². The van der Waals surface area contributed by atoms with Crippen LogP contribution in [0.5, 0.6) is 0 Å². The van der Waals surface area contributed by atoms with Gasteiger partial charge in [0.25, 0.3) is 5.91 Å². The van der Waals surface area contributed by atoms with E-state index in [2.05, 4.69) is 10.3 Å². The predicted octanol–water partition coefficient (Wildman–Crippen LogP) is 6.07. The maximum Gasteiger partial charge on any atom is 0.256 e. The molecule has 134 valence electrons. The standard InChI is InChI=1S/C20H12F2N2OS2/c21-15-5-1-12(2-6-15)17-20(27-19(23-17)14-9-10-26-11-14)24-18(25)13-3-7-16(22)8-4-13/h1-11H,(H,24,25). The molecule has 2 heterocycles. The number of nitrogens with zero attached hydrogens (tertiary/aromatic N) is 1. The smallest absolute Gasteiger partial charge is 0.256 e. The summed E-state index contributed by atoms with van der Waals surface area (Å²) in [4.78, 5) is 17.2. The van der Waals surface area contributed by atoms with Gasteiger partial charge in [0.1, 0.15) is 27.3 Å². The van der Waals surface area contributed by atoms with Crippen molar-refractivity contribution in [1.82, 2.24) is 4.98 Å². The molecule has 4 aromatic rings. The lowest BCUT2D eigenvalue weighted by molar-refractivity contribution is 0.102. The first kappa shape index (κ1) is 17.5. The molecule has 1 amide bonds. The third-order valence-corrected chi connectivity index (χ3v) is 5.55. The molecular formula is C20H12F2N2OS2. The largest absolute Gasteiger partial charge is 0.312 e. The Hall–Kier alpha value is -2.90. The van der Waals surface area contributed by atoms with E-state index in [0.29, 0.717) is 21.8 Å². The van der Waals surface area contributed by atoms with E-state index < -0.39 is 5.82 Å². The highest BCUT2D eigenvalue weighted by Gasteiger charge is 2.18. The number of amides is 1. The lowest BCUT2D eigenvalue weighted by atomic mass is 10.1. The van der Waals surface area contributed by atoms with Crippen LogP contribution in [0.15, 0.2) is 65.4 Å². The van der Waals surface area contributed by atoms with Crippen LogP contribution in [-0.4, -0.2) is 10.9 Å². The van der Waals surface area contributed by atoms with Gasteiger partial charge in [-0.3, -0.25) is 4.79 Å². The number of thiazole rings is 1. The van der Waals surface area contributed by atoms with Gasteiger partial charge in [-0.25, -0.2) is 13.8 Å². The first-order valence-corrected chi connectivity index (χ1v) is 9.72. The van der Waals surface area contributed by atoms with Crippen molar-refractivity contribution < 1.29 is 13.6 Å². The molecule has 2 aromatic carbocycles. The van der Waals surface area contributed by atoms with Crippen LogP contribution in [0.3, 0.4) is 0 Å². The van der Waals surface area contributed by atoms with Crippen LogP contribution in [0.25, 0.3) is 21.8 Å². The van der Waals surface area contributed by atoms with Gasteiger partial charge in [-0.15, -0.1) is 0 Å². The number of aromatic nitrogens is 1. The van der Waals surface area contributed by atoms with Gasteiger partial charge in [-0.1, -0.05) is 11.3 Å². The van der Waals surface area contributed by atoms with Crippen molar-refractivity contribution in [2.45, 2.75) is 0 Å². The van der Waals surface area contributed by atoms with Crippen molar-refractivity contribution in [3.05, 3.63) is 82.6 Å². The third-order valence-electron chi connectivity index (χ3n) is 3.85. The first-order valence-electron chi connectivity index (χ1n) is 7.96. The van der Waals surface area contributed by atoms with Gasteiger partial charge < -0.3 is 5.32 Å². The summed E-state index contributed by atoms with van der Waals surface area (Å²) in [7, 11) is 0. The quantitative estimate of drug-likeness (QED) is 0.453. The third kappa shape index (κ3) is 3.79. The summed E-state index contributed by atoms with van der Waals surface area (Å²) in [5, 5.41) is 8.07. The minimum Gasteiger partial charge on any atom is -0.312 e. The number of carbonyl (C=O) groups is 1. The number of halogens is 2. The zero-order valence-electron chi connectivity index (χ0n) is 13.8. The molecule has 0 saturated carbocycles. The highest BCUT2D eigenvalue weighted by molar-refractivity contribution is 7.20. The van der Waals surface area contributed by atoms with Gasteiger partial charge in [0.15, 0.2) is 0 Å². The number of rotatable bonds is 4. The molecule has 0 radical (unpaired) electrons. The molecule has 1 N–H and O–H groups in total. The number of benzene rings is 2. The Morgan fingerprint density at radius 1 is 0.889 bits per heavy atom. The van der Waals surface area contributed by atoms with Crippen LogP contribution in [0, 0.1) is 11.6 Å². The van der Waals surface area contributed by atoms with Gasteiger partial charge in [-0.05, 0) is 60.0 Å². The van der Waals surface area contributed by atoms with Crippen LogP contribution in [0.1, 0.15) is 10.4 Å². The summed E-state index contributed by atoms with van der Waals surface area (Å²) >= 11 is 2.89. The fourth-order valence-electron chi connectivity index (χ4n) is 2.49. The van der Waals surface area contributed by atoms with Crippen LogP contribution in [0.4, 0.5) is 13.8 Å². The Morgan fingerprint density at radius 2 is 1.56 bits per heavy atom. The highest BCUT2D eigenvalue weighted by atomic mass is 32.1. The molecular weight excluding hydrogens is 386 g/mol. The van der Waals surface area contributed by atoms with Crippen molar-refractivity contribution in [2.24, 2.45) is 0 Å². The van der Waals surface area contributed by atoms with E-state index in [0.717, 1.165) is 10.6 Å². The molecule has 0 aliphatic rings. The molecule has 4 rings (SSSR count). The van der Waals surface area contributed by atoms with Gasteiger partial charge in [0.05, 0.1) is 0 Å². The van der Waals surface area contributed by atoms with Crippen LogP contribution < -0.4 is 5.32 Å². The molecule has 0 saturated heterocycles. The van der Waals surface area contributed by atoms with E-state index in [9.17, 15) is 13.6 Å². The molecule has 27 heavy (non-hydrogen) atoms. The zero-order valence-corrected chi connectivity index (χ0v) is 15.4. The molecule has 3 nitrogen and oxygen atoms in total. The normalized spacial score (nSPS) is 10.7. The predicted molar refractivity (Wildman–Crippen MR) is 105 cm³/mol. The van der Waals surface area contributed by atoms with E-state index in [1.165, 1.54) is 47.7 Å². The molecule has 0 atom stereocenters. The van der Waals surface area contributed by atoms with E-state index in [1.807, 2.05) is 16.8 Å². The summed E-state index contributed by atoms with van der Waals surface area (Å²) in [6.07, 6.45) is 0. The summed E-state index contributed by atoms with van der Waals surface area (Å²) in [6, 6.07) is 13.2. The van der Waals surface area contributed by atoms with E-state index in [1.54, 1.807) is 23.5 Å². The Morgan fingerprint density at radius 3 is 2.19 bits per heavy atom. The number of carbonyl (C=O) groups excluding carboxylic acids is 1. The van der Waals surface area contributed by atoms with Gasteiger partial charge in [-0.2, -0.15) is 11.3 Å². The Labute approximate surface area is 162 Å². The van der Waals surface area contributed by atoms with E-state index in [4.69, 9.17) is 0 Å². The van der Waals surface area contributed by atoms with Crippen LogP contribution >= 0.6 is 22.7 Å². The zero-order chi connectivity index (χ0) is 18.8. The minimum atomic E-state index is -0.406. The average Bonchev–Trinajstić information content (AvgIpc) is 3.33. The lowest BCUT2D eigenvalue weighted by Crippen LogP contribution is -2.11. The van der Waals surface area contributed by atoms with Crippen LogP contribution in [-0.2, 0) is 0 Å². The SMILES string of the molecule is O=C(Nc1sc(-c2ccsc2)nc1-c1ccc(F)cc1)c1ccc(F)cc1. The van der Waals surface area contributed by atoms with Crippen molar-refractivity contribution in [3.63, 3.8) is 0 Å². The fraction of sp³-hybridized carbons (Fsp3) is 0. The monoisotopic (exact) mass is 398 g/mol. The Balaban J connectivity index is 1.72. The van der Waals surface area contributed by atoms with E-state index >= 15 is 0 Å². The van der Waals surface area contributed by atoms with Crippen molar-refractivity contribution in [3.8, 4) is 21.8 Å². The summed E-state index contributed by atoms with van der Waals surface area (Å²) in [5.74, 6) is -1.11. The molecule has 0 fully saturated rings. The second-order valence-corrected chi connectivity index (χ2v) is 7.46. The number of nitrogens with one attached hydrogen (secondary N) is 1.